The summed E-state index contributed by atoms with van der Waals surface area (Å²) in [6.45, 7) is 0.669. The molecule has 1 saturated heterocycles. The molecule has 1 aliphatic rings. The zero-order valence-electron chi connectivity index (χ0n) is 7.83. The predicted octanol–water partition coefficient (Wildman–Crippen LogP) is 2.04. The fourth-order valence-corrected chi connectivity index (χ4v) is 1.86. The quantitative estimate of drug-likeness (QED) is 0.756. The highest BCUT2D eigenvalue weighted by atomic mass is 35.5. The summed E-state index contributed by atoms with van der Waals surface area (Å²) in [5.41, 5.74) is 0.979. The minimum Gasteiger partial charge on any atom is -0.329 e. The number of nitrogens with zero attached hydrogens (tertiary/aromatic N) is 1. The van der Waals surface area contributed by atoms with Gasteiger partial charge in [-0.05, 0) is 11.6 Å². The number of carbonyl (C=O) groups is 1. The van der Waals surface area contributed by atoms with Crippen LogP contribution < -0.4 is 5.32 Å². The Morgan fingerprint density at radius 2 is 2.21 bits per heavy atom. The van der Waals surface area contributed by atoms with Crippen LogP contribution in [0.1, 0.15) is 11.6 Å². The molecular weight excluding hydrogens is 200 g/mol. The predicted molar refractivity (Wildman–Crippen MR) is 55.4 cm³/mol. The fourth-order valence-electron chi connectivity index (χ4n) is 1.60. The maximum atomic E-state index is 11.2. The molecular formula is C10H11ClN2O. The Hall–Kier alpha value is -1.22. The van der Waals surface area contributed by atoms with Gasteiger partial charge in [-0.15, -0.1) is 0 Å². The third-order valence-electron chi connectivity index (χ3n) is 2.38. The molecule has 0 radical (unpaired) electrons. The first-order chi connectivity index (χ1) is 6.68. The summed E-state index contributed by atoms with van der Waals surface area (Å²) in [4.78, 5) is 12.9. The molecule has 1 heterocycles. The van der Waals surface area contributed by atoms with Gasteiger partial charge >= 0.3 is 6.03 Å². The highest BCUT2D eigenvalue weighted by Gasteiger charge is 2.27. The molecule has 4 heteroatoms. The molecule has 2 rings (SSSR count). The number of amides is 2. The Morgan fingerprint density at radius 1 is 1.50 bits per heavy atom. The van der Waals surface area contributed by atoms with Crippen LogP contribution >= 0.6 is 11.6 Å². The molecule has 1 unspecified atom stereocenters. The highest BCUT2D eigenvalue weighted by molar-refractivity contribution is 6.31. The average Bonchev–Trinajstić information content (AvgIpc) is 2.48. The first-order valence-corrected chi connectivity index (χ1v) is 4.82. The molecule has 0 bridgehead atoms. The van der Waals surface area contributed by atoms with Crippen LogP contribution in [0.4, 0.5) is 4.79 Å². The summed E-state index contributed by atoms with van der Waals surface area (Å²) in [7, 11) is 1.77. The van der Waals surface area contributed by atoms with E-state index in [0.29, 0.717) is 11.6 Å². The smallest absolute Gasteiger partial charge is 0.317 e. The van der Waals surface area contributed by atoms with Crippen molar-refractivity contribution < 1.29 is 4.79 Å². The van der Waals surface area contributed by atoms with Gasteiger partial charge < -0.3 is 10.2 Å². The second-order valence-corrected chi connectivity index (χ2v) is 3.81. The van der Waals surface area contributed by atoms with Crippen molar-refractivity contribution in [3.05, 3.63) is 34.9 Å². The largest absolute Gasteiger partial charge is 0.329 e. The van der Waals surface area contributed by atoms with Crippen molar-refractivity contribution >= 4 is 17.6 Å². The van der Waals surface area contributed by atoms with Crippen molar-refractivity contribution in [3.8, 4) is 0 Å². The van der Waals surface area contributed by atoms with Gasteiger partial charge in [-0.3, -0.25) is 0 Å². The molecule has 1 N–H and O–H groups in total. The van der Waals surface area contributed by atoms with Crippen molar-refractivity contribution in [2.45, 2.75) is 6.04 Å². The monoisotopic (exact) mass is 210 g/mol. The maximum absolute atomic E-state index is 11.2. The molecule has 0 aromatic heterocycles. The van der Waals surface area contributed by atoms with Gasteiger partial charge in [0.15, 0.2) is 0 Å². The second-order valence-electron chi connectivity index (χ2n) is 3.40. The molecule has 0 spiro atoms. The van der Waals surface area contributed by atoms with Gasteiger partial charge in [0.1, 0.15) is 0 Å². The molecule has 2 amide bonds. The van der Waals surface area contributed by atoms with Gasteiger partial charge in [-0.25, -0.2) is 4.79 Å². The number of hydrogen-bond donors (Lipinski definition) is 1. The van der Waals surface area contributed by atoms with E-state index in [2.05, 4.69) is 5.32 Å². The van der Waals surface area contributed by atoms with E-state index in [1.165, 1.54) is 0 Å². The number of urea groups is 1. The van der Waals surface area contributed by atoms with Gasteiger partial charge in [0.25, 0.3) is 0 Å². The Morgan fingerprint density at radius 3 is 2.79 bits per heavy atom. The van der Waals surface area contributed by atoms with Crippen molar-refractivity contribution in [1.29, 1.82) is 0 Å². The molecule has 74 valence electrons. The second kappa shape index (κ2) is 3.50. The zero-order valence-corrected chi connectivity index (χ0v) is 8.58. The number of carbonyl (C=O) groups excluding carboxylic acids is 1. The van der Waals surface area contributed by atoms with Crippen molar-refractivity contribution in [2.24, 2.45) is 0 Å². The van der Waals surface area contributed by atoms with Gasteiger partial charge in [0.05, 0.1) is 6.04 Å². The normalized spacial score (nSPS) is 21.1. The van der Waals surface area contributed by atoms with E-state index in [1.54, 1.807) is 11.9 Å². The molecule has 0 aliphatic carbocycles. The van der Waals surface area contributed by atoms with E-state index in [4.69, 9.17) is 11.6 Å². The minimum atomic E-state index is -0.0464. The van der Waals surface area contributed by atoms with E-state index in [1.807, 2.05) is 24.3 Å². The first kappa shape index (κ1) is 9.34. The molecule has 1 aliphatic heterocycles. The summed E-state index contributed by atoms with van der Waals surface area (Å²) in [5.74, 6) is 0. The lowest BCUT2D eigenvalue weighted by atomic mass is 10.1. The molecule has 0 saturated carbocycles. The maximum Gasteiger partial charge on any atom is 0.317 e. The van der Waals surface area contributed by atoms with Gasteiger partial charge in [-0.2, -0.15) is 0 Å². The number of benzene rings is 1. The summed E-state index contributed by atoms with van der Waals surface area (Å²) in [6, 6.07) is 7.54. The number of halogens is 1. The SMILES string of the molecule is CN1CC(c2ccccc2Cl)NC1=O. The third kappa shape index (κ3) is 1.55. The fraction of sp³-hybridized carbons (Fsp3) is 0.300. The van der Waals surface area contributed by atoms with Gasteiger partial charge in [0.2, 0.25) is 0 Å². The lowest BCUT2D eigenvalue weighted by Gasteiger charge is -2.10. The standard InChI is InChI=1S/C10H11ClN2O/c1-13-6-9(12-10(13)14)7-4-2-3-5-8(7)11/h2-5,9H,6H2,1H3,(H,12,14). The van der Waals surface area contributed by atoms with E-state index < -0.39 is 0 Å². The van der Waals surface area contributed by atoms with Crippen LogP contribution in [0.15, 0.2) is 24.3 Å². The number of rotatable bonds is 1. The van der Waals surface area contributed by atoms with Crippen molar-refractivity contribution in [1.82, 2.24) is 10.2 Å². The summed E-state index contributed by atoms with van der Waals surface area (Å²) in [5, 5.41) is 3.57. The Bertz CT molecular complexity index is 367. The van der Waals surface area contributed by atoms with Gasteiger partial charge in [0, 0.05) is 18.6 Å². The number of likely N-dealkylation sites (N-methyl/N-ethyl adjacent to an activating group) is 1. The van der Waals surface area contributed by atoms with Crippen LogP contribution in [-0.4, -0.2) is 24.5 Å². The zero-order chi connectivity index (χ0) is 10.1. The summed E-state index contributed by atoms with van der Waals surface area (Å²) < 4.78 is 0. The average molecular weight is 211 g/mol. The Labute approximate surface area is 87.7 Å². The lowest BCUT2D eigenvalue weighted by molar-refractivity contribution is 0.226. The summed E-state index contributed by atoms with van der Waals surface area (Å²) in [6.07, 6.45) is 0. The van der Waals surface area contributed by atoms with Crippen LogP contribution in [0.2, 0.25) is 5.02 Å². The first-order valence-electron chi connectivity index (χ1n) is 4.44. The van der Waals surface area contributed by atoms with Crippen LogP contribution in [0, 0.1) is 0 Å². The van der Waals surface area contributed by atoms with Crippen LogP contribution in [-0.2, 0) is 0 Å². The Balaban J connectivity index is 2.25. The molecule has 3 nitrogen and oxygen atoms in total. The topological polar surface area (TPSA) is 32.3 Å². The molecule has 1 aromatic rings. The summed E-state index contributed by atoms with van der Waals surface area (Å²) >= 11 is 6.03. The van der Waals surface area contributed by atoms with Crippen LogP contribution in [0.3, 0.4) is 0 Å². The Kier molecular flexibility index (Phi) is 2.33. The van der Waals surface area contributed by atoms with E-state index in [0.717, 1.165) is 5.56 Å². The molecule has 1 aromatic carbocycles. The highest BCUT2D eigenvalue weighted by Crippen LogP contribution is 2.25. The van der Waals surface area contributed by atoms with Crippen molar-refractivity contribution in [2.75, 3.05) is 13.6 Å². The van der Waals surface area contributed by atoms with Crippen LogP contribution in [0.5, 0.6) is 0 Å². The molecule has 14 heavy (non-hydrogen) atoms. The molecule has 1 fully saturated rings. The van der Waals surface area contributed by atoms with Gasteiger partial charge in [-0.1, -0.05) is 29.8 Å². The molecule has 1 atom stereocenters. The van der Waals surface area contributed by atoms with E-state index >= 15 is 0 Å². The minimum absolute atomic E-state index is 0.0150. The number of nitrogens with one attached hydrogen (secondary N) is 1. The third-order valence-corrected chi connectivity index (χ3v) is 2.73. The van der Waals surface area contributed by atoms with E-state index in [9.17, 15) is 4.79 Å². The number of hydrogen-bond acceptors (Lipinski definition) is 1. The van der Waals surface area contributed by atoms with Crippen LogP contribution in [0.25, 0.3) is 0 Å². The van der Waals surface area contributed by atoms with Crippen molar-refractivity contribution in [3.63, 3.8) is 0 Å². The lowest BCUT2D eigenvalue weighted by Crippen LogP contribution is -2.23. The van der Waals surface area contributed by atoms with E-state index in [-0.39, 0.29) is 12.1 Å².